The summed E-state index contributed by atoms with van der Waals surface area (Å²) in [6, 6.07) is 6.61. The Kier molecular flexibility index (Phi) is 3.09. The fraction of sp³-hybridized carbons (Fsp3) is 0.533. The lowest BCUT2D eigenvalue weighted by atomic mass is 9.92. The molecule has 0 aromatic heterocycles. The Balaban J connectivity index is 2.02. The highest BCUT2D eigenvalue weighted by molar-refractivity contribution is 5.79. The lowest BCUT2D eigenvalue weighted by molar-refractivity contribution is -0.130. The van der Waals surface area contributed by atoms with E-state index < -0.39 is 0 Å². The molecule has 0 aliphatic carbocycles. The third-order valence-electron chi connectivity index (χ3n) is 4.09. The predicted octanol–water partition coefficient (Wildman–Crippen LogP) is 2.56. The van der Waals surface area contributed by atoms with Crippen molar-refractivity contribution in [3.8, 4) is 5.75 Å². The summed E-state index contributed by atoms with van der Waals surface area (Å²) in [5.74, 6) is 1.15. The molecule has 0 bridgehead atoms. The van der Waals surface area contributed by atoms with Crippen LogP contribution in [0, 0.1) is 0 Å². The standard InChI is InChI=1S/C15H20N2O2/c1-10-9-12(17-8-4-7-14(17)18)11-5-3-6-13(19-2)15(11)16-10/h3,5-6,10,12,16H,4,7-9H2,1-2H3/t10-,12?/m1/s1. The highest BCUT2D eigenvalue weighted by Gasteiger charge is 2.35. The molecule has 2 aliphatic heterocycles. The fourth-order valence-electron chi connectivity index (χ4n) is 3.21. The van der Waals surface area contributed by atoms with Gasteiger partial charge in [0.15, 0.2) is 0 Å². The van der Waals surface area contributed by atoms with Crippen LogP contribution in [0.25, 0.3) is 0 Å². The third-order valence-corrected chi connectivity index (χ3v) is 4.09. The molecule has 1 fully saturated rings. The topological polar surface area (TPSA) is 41.6 Å². The average molecular weight is 260 g/mol. The first-order valence-electron chi connectivity index (χ1n) is 6.93. The van der Waals surface area contributed by atoms with Crippen molar-refractivity contribution < 1.29 is 9.53 Å². The number of anilines is 1. The van der Waals surface area contributed by atoms with E-state index in [1.807, 2.05) is 17.0 Å². The maximum atomic E-state index is 12.0. The summed E-state index contributed by atoms with van der Waals surface area (Å²) in [5.41, 5.74) is 2.24. The van der Waals surface area contributed by atoms with Crippen molar-refractivity contribution >= 4 is 11.6 Å². The van der Waals surface area contributed by atoms with Gasteiger partial charge < -0.3 is 15.0 Å². The van der Waals surface area contributed by atoms with Crippen LogP contribution in [0.2, 0.25) is 0 Å². The number of rotatable bonds is 2. The molecular formula is C15H20N2O2. The van der Waals surface area contributed by atoms with Crippen LogP contribution in [0.15, 0.2) is 18.2 Å². The molecule has 1 unspecified atom stereocenters. The van der Waals surface area contributed by atoms with E-state index in [4.69, 9.17) is 4.74 Å². The van der Waals surface area contributed by atoms with Gasteiger partial charge in [-0.2, -0.15) is 0 Å². The number of methoxy groups -OCH3 is 1. The van der Waals surface area contributed by atoms with Gasteiger partial charge in [0.25, 0.3) is 0 Å². The first-order valence-corrected chi connectivity index (χ1v) is 6.93. The Morgan fingerprint density at radius 2 is 2.26 bits per heavy atom. The van der Waals surface area contributed by atoms with E-state index in [0.717, 1.165) is 30.8 Å². The zero-order valence-corrected chi connectivity index (χ0v) is 11.5. The summed E-state index contributed by atoms with van der Waals surface area (Å²) in [5, 5.41) is 3.48. The molecule has 2 heterocycles. The van der Waals surface area contributed by atoms with Gasteiger partial charge in [0.2, 0.25) is 5.91 Å². The van der Waals surface area contributed by atoms with E-state index in [0.29, 0.717) is 12.5 Å². The minimum absolute atomic E-state index is 0.191. The number of benzene rings is 1. The fourth-order valence-corrected chi connectivity index (χ4v) is 3.21. The second-order valence-electron chi connectivity index (χ2n) is 5.41. The smallest absolute Gasteiger partial charge is 0.223 e. The Labute approximate surface area is 113 Å². The molecular weight excluding hydrogens is 240 g/mol. The summed E-state index contributed by atoms with van der Waals surface area (Å²) in [4.78, 5) is 14.1. The summed E-state index contributed by atoms with van der Waals surface area (Å²) < 4.78 is 5.43. The molecule has 1 N–H and O–H groups in total. The Hall–Kier alpha value is -1.71. The van der Waals surface area contributed by atoms with E-state index >= 15 is 0 Å². The van der Waals surface area contributed by atoms with Crippen LogP contribution in [0.1, 0.15) is 37.8 Å². The molecule has 2 aliphatic rings. The van der Waals surface area contributed by atoms with Crippen molar-refractivity contribution in [2.24, 2.45) is 0 Å². The monoisotopic (exact) mass is 260 g/mol. The van der Waals surface area contributed by atoms with Crippen LogP contribution in [0.5, 0.6) is 5.75 Å². The second-order valence-corrected chi connectivity index (χ2v) is 5.41. The normalized spacial score (nSPS) is 26.0. The maximum absolute atomic E-state index is 12.0. The molecule has 1 aromatic rings. The van der Waals surface area contributed by atoms with Crippen molar-refractivity contribution in [1.29, 1.82) is 0 Å². The zero-order chi connectivity index (χ0) is 13.4. The van der Waals surface area contributed by atoms with Gasteiger partial charge in [-0.1, -0.05) is 12.1 Å². The number of amides is 1. The molecule has 1 amide bonds. The van der Waals surface area contributed by atoms with Crippen LogP contribution < -0.4 is 10.1 Å². The summed E-state index contributed by atoms with van der Waals surface area (Å²) in [6.07, 6.45) is 2.64. The van der Waals surface area contributed by atoms with Gasteiger partial charge in [0, 0.05) is 24.6 Å². The van der Waals surface area contributed by atoms with E-state index in [1.54, 1.807) is 7.11 Å². The molecule has 19 heavy (non-hydrogen) atoms. The SMILES string of the molecule is COc1cccc2c1N[C@H](C)CC2N1CCCC1=O. The number of ether oxygens (including phenoxy) is 1. The number of para-hydroxylation sites is 1. The molecule has 1 aromatic carbocycles. The Morgan fingerprint density at radius 3 is 2.95 bits per heavy atom. The molecule has 0 saturated carbocycles. The molecule has 0 radical (unpaired) electrons. The third kappa shape index (κ3) is 2.05. The molecule has 4 nitrogen and oxygen atoms in total. The Morgan fingerprint density at radius 1 is 1.42 bits per heavy atom. The Bertz CT molecular complexity index is 501. The van der Waals surface area contributed by atoms with Crippen molar-refractivity contribution in [2.45, 2.75) is 38.3 Å². The van der Waals surface area contributed by atoms with Gasteiger partial charge in [-0.25, -0.2) is 0 Å². The average Bonchev–Trinajstić information content (AvgIpc) is 2.83. The number of likely N-dealkylation sites (tertiary alicyclic amines) is 1. The minimum Gasteiger partial charge on any atom is -0.495 e. The van der Waals surface area contributed by atoms with Crippen LogP contribution in [-0.4, -0.2) is 30.5 Å². The quantitative estimate of drug-likeness (QED) is 0.888. The highest BCUT2D eigenvalue weighted by atomic mass is 16.5. The first kappa shape index (κ1) is 12.3. The number of hydrogen-bond acceptors (Lipinski definition) is 3. The molecule has 1 saturated heterocycles. The van der Waals surface area contributed by atoms with E-state index in [-0.39, 0.29) is 11.9 Å². The number of nitrogens with one attached hydrogen (secondary N) is 1. The zero-order valence-electron chi connectivity index (χ0n) is 11.5. The van der Waals surface area contributed by atoms with Gasteiger partial charge in [0.1, 0.15) is 5.75 Å². The summed E-state index contributed by atoms with van der Waals surface area (Å²) in [7, 11) is 1.69. The number of carbonyl (C=O) groups is 1. The summed E-state index contributed by atoms with van der Waals surface area (Å²) in [6.45, 7) is 3.04. The first-order chi connectivity index (χ1) is 9.20. The lowest BCUT2D eigenvalue weighted by Crippen LogP contribution is -2.37. The second kappa shape index (κ2) is 4.76. The molecule has 0 spiro atoms. The minimum atomic E-state index is 0.191. The van der Waals surface area contributed by atoms with E-state index in [9.17, 15) is 4.79 Å². The van der Waals surface area contributed by atoms with Crippen LogP contribution in [0.4, 0.5) is 5.69 Å². The maximum Gasteiger partial charge on any atom is 0.223 e. The van der Waals surface area contributed by atoms with Gasteiger partial charge in [-0.3, -0.25) is 4.79 Å². The molecule has 2 atom stereocenters. The molecule has 102 valence electrons. The van der Waals surface area contributed by atoms with Crippen molar-refractivity contribution in [2.75, 3.05) is 19.0 Å². The summed E-state index contributed by atoms with van der Waals surface area (Å²) >= 11 is 0. The van der Waals surface area contributed by atoms with Crippen LogP contribution >= 0.6 is 0 Å². The van der Waals surface area contributed by atoms with E-state index in [1.165, 1.54) is 5.56 Å². The number of hydrogen-bond donors (Lipinski definition) is 1. The van der Waals surface area contributed by atoms with E-state index in [2.05, 4.69) is 18.3 Å². The molecule has 3 rings (SSSR count). The van der Waals surface area contributed by atoms with Gasteiger partial charge in [-0.15, -0.1) is 0 Å². The molecule has 4 heteroatoms. The van der Waals surface area contributed by atoms with Crippen LogP contribution in [-0.2, 0) is 4.79 Å². The number of carbonyl (C=O) groups excluding carboxylic acids is 1. The van der Waals surface area contributed by atoms with Gasteiger partial charge in [0.05, 0.1) is 18.8 Å². The van der Waals surface area contributed by atoms with Crippen molar-refractivity contribution in [3.63, 3.8) is 0 Å². The van der Waals surface area contributed by atoms with Gasteiger partial charge in [-0.05, 0) is 25.8 Å². The largest absolute Gasteiger partial charge is 0.495 e. The highest BCUT2D eigenvalue weighted by Crippen LogP contribution is 2.42. The van der Waals surface area contributed by atoms with Crippen molar-refractivity contribution in [1.82, 2.24) is 4.90 Å². The van der Waals surface area contributed by atoms with Crippen LogP contribution in [0.3, 0.4) is 0 Å². The van der Waals surface area contributed by atoms with Gasteiger partial charge >= 0.3 is 0 Å². The van der Waals surface area contributed by atoms with Crippen molar-refractivity contribution in [3.05, 3.63) is 23.8 Å². The number of fused-ring (bicyclic) bond motifs is 1. The lowest BCUT2D eigenvalue weighted by Gasteiger charge is -2.37. The predicted molar refractivity (Wildman–Crippen MR) is 74.4 cm³/mol. The number of nitrogens with zero attached hydrogens (tertiary/aromatic N) is 1.